The van der Waals surface area contributed by atoms with Gasteiger partial charge in [-0.15, -0.1) is 0 Å². The maximum Gasteiger partial charge on any atom is 0.269 e. The Morgan fingerprint density at radius 1 is 1.28 bits per heavy atom. The van der Waals surface area contributed by atoms with Gasteiger partial charge in [0.25, 0.3) is 5.91 Å². The first-order chi connectivity index (χ1) is 12.3. The van der Waals surface area contributed by atoms with E-state index in [9.17, 15) is 4.79 Å². The van der Waals surface area contributed by atoms with E-state index in [0.717, 1.165) is 19.4 Å². The third kappa shape index (κ3) is 3.76. The molecule has 2 aromatic rings. The number of aromatic nitrogens is 2. The van der Waals surface area contributed by atoms with Crippen molar-refractivity contribution in [3.63, 3.8) is 0 Å². The van der Waals surface area contributed by atoms with Crippen LogP contribution in [0.1, 0.15) is 19.3 Å². The summed E-state index contributed by atoms with van der Waals surface area (Å²) in [7, 11) is 0. The van der Waals surface area contributed by atoms with Crippen LogP contribution in [0.2, 0.25) is 0 Å². The van der Waals surface area contributed by atoms with E-state index < -0.39 is 6.10 Å². The molecule has 1 aromatic heterocycles. The van der Waals surface area contributed by atoms with Gasteiger partial charge < -0.3 is 19.5 Å². The molecule has 2 atom stereocenters. The Labute approximate surface area is 145 Å². The Morgan fingerprint density at radius 2 is 2.16 bits per heavy atom. The normalized spacial score (nSPS) is 22.4. The number of carbonyl (C=O) groups is 1. The number of nitrogens with one attached hydrogen (secondary N) is 1. The highest BCUT2D eigenvalue weighted by molar-refractivity contribution is 5.94. The van der Waals surface area contributed by atoms with E-state index >= 15 is 0 Å². The number of amides is 1. The molecule has 1 fully saturated rings. The number of carbonyl (C=O) groups excluding carboxylic acids is 1. The Morgan fingerprint density at radius 3 is 3.00 bits per heavy atom. The lowest BCUT2D eigenvalue weighted by Crippen LogP contribution is -2.40. The Balaban J connectivity index is 1.34. The molecule has 0 saturated carbocycles. The number of hydrogen-bond donors (Lipinski definition) is 1. The zero-order valence-corrected chi connectivity index (χ0v) is 13.9. The van der Waals surface area contributed by atoms with Crippen LogP contribution in [-0.4, -0.2) is 41.1 Å². The van der Waals surface area contributed by atoms with Crippen molar-refractivity contribution in [3.8, 4) is 11.5 Å². The van der Waals surface area contributed by atoms with Gasteiger partial charge in [0, 0.05) is 12.8 Å². The molecule has 0 bridgehead atoms. The molecule has 1 amide bonds. The van der Waals surface area contributed by atoms with E-state index in [1.165, 1.54) is 6.42 Å². The Hall–Kier alpha value is -2.54. The zero-order valence-electron chi connectivity index (χ0n) is 13.9. The van der Waals surface area contributed by atoms with E-state index in [1.54, 1.807) is 16.9 Å². The molecule has 2 aliphatic heterocycles. The summed E-state index contributed by atoms with van der Waals surface area (Å²) in [5.74, 6) is 0.994. The Bertz CT molecular complexity index is 739. The number of anilines is 1. The van der Waals surface area contributed by atoms with Gasteiger partial charge in [0.15, 0.2) is 11.5 Å². The molecule has 1 N–H and O–H groups in total. The van der Waals surface area contributed by atoms with Crippen molar-refractivity contribution in [2.45, 2.75) is 38.0 Å². The summed E-state index contributed by atoms with van der Waals surface area (Å²) in [4.78, 5) is 12.4. The number of benzene rings is 1. The third-order valence-corrected chi connectivity index (χ3v) is 4.37. The first kappa shape index (κ1) is 16.0. The lowest BCUT2D eigenvalue weighted by atomic mass is 10.1. The van der Waals surface area contributed by atoms with Gasteiger partial charge in [-0.05, 0) is 31.4 Å². The molecule has 3 heterocycles. The van der Waals surface area contributed by atoms with E-state index in [-0.39, 0.29) is 18.6 Å². The van der Waals surface area contributed by atoms with Crippen molar-refractivity contribution in [1.82, 2.24) is 9.78 Å². The van der Waals surface area contributed by atoms with Crippen molar-refractivity contribution in [2.75, 3.05) is 18.5 Å². The summed E-state index contributed by atoms with van der Waals surface area (Å²) in [5, 5.41) is 7.13. The van der Waals surface area contributed by atoms with Crippen LogP contribution in [0.4, 0.5) is 5.69 Å². The average Bonchev–Trinajstić information content (AvgIpc) is 3.09. The first-order valence-electron chi connectivity index (χ1n) is 8.61. The lowest BCUT2D eigenvalue weighted by molar-refractivity contribution is -0.125. The smallest absolute Gasteiger partial charge is 0.269 e. The van der Waals surface area contributed by atoms with Crippen LogP contribution in [-0.2, 0) is 16.1 Å². The molecular weight excluding hydrogens is 322 g/mol. The van der Waals surface area contributed by atoms with Crippen molar-refractivity contribution < 1.29 is 19.0 Å². The van der Waals surface area contributed by atoms with Crippen molar-refractivity contribution in [2.24, 2.45) is 0 Å². The van der Waals surface area contributed by atoms with E-state index in [0.29, 0.717) is 23.7 Å². The highest BCUT2D eigenvalue weighted by Crippen LogP contribution is 2.31. The fraction of sp³-hybridized carbons (Fsp3) is 0.444. The zero-order chi connectivity index (χ0) is 17.1. The second kappa shape index (κ2) is 7.14. The SMILES string of the molecule is O=C(Nc1cnn(C[C@@H]2CCCCO2)c1)[C@H]1COc2ccccc2O1. The van der Waals surface area contributed by atoms with Gasteiger partial charge >= 0.3 is 0 Å². The molecule has 0 unspecified atom stereocenters. The molecule has 7 heteroatoms. The molecule has 0 aliphatic carbocycles. The van der Waals surface area contributed by atoms with E-state index in [4.69, 9.17) is 14.2 Å². The largest absolute Gasteiger partial charge is 0.485 e. The second-order valence-electron chi connectivity index (χ2n) is 6.29. The summed E-state index contributed by atoms with van der Waals surface area (Å²) in [6.45, 7) is 1.70. The number of fused-ring (bicyclic) bond motifs is 1. The molecule has 0 radical (unpaired) electrons. The van der Waals surface area contributed by atoms with Crippen LogP contribution >= 0.6 is 0 Å². The average molecular weight is 343 g/mol. The lowest BCUT2D eigenvalue weighted by Gasteiger charge is -2.25. The van der Waals surface area contributed by atoms with E-state index in [1.807, 2.05) is 24.4 Å². The maximum atomic E-state index is 12.4. The summed E-state index contributed by atoms with van der Waals surface area (Å²) in [6, 6.07) is 7.32. The fourth-order valence-electron chi connectivity index (χ4n) is 3.06. The van der Waals surface area contributed by atoms with Gasteiger partial charge in [-0.1, -0.05) is 12.1 Å². The highest BCUT2D eigenvalue weighted by atomic mass is 16.6. The summed E-state index contributed by atoms with van der Waals surface area (Å²) in [6.07, 6.45) is 6.34. The van der Waals surface area contributed by atoms with Crippen LogP contribution in [0.3, 0.4) is 0 Å². The van der Waals surface area contributed by atoms with Gasteiger partial charge in [-0.25, -0.2) is 0 Å². The molecule has 2 aliphatic rings. The maximum absolute atomic E-state index is 12.4. The minimum Gasteiger partial charge on any atom is -0.485 e. The van der Waals surface area contributed by atoms with Crippen molar-refractivity contribution in [1.29, 1.82) is 0 Å². The molecule has 7 nitrogen and oxygen atoms in total. The third-order valence-electron chi connectivity index (χ3n) is 4.37. The van der Waals surface area contributed by atoms with Gasteiger partial charge in [0.2, 0.25) is 6.10 Å². The molecule has 132 valence electrons. The van der Waals surface area contributed by atoms with Crippen LogP contribution in [0.15, 0.2) is 36.7 Å². The molecular formula is C18H21N3O4. The summed E-state index contributed by atoms with van der Waals surface area (Å²) in [5.41, 5.74) is 0.642. The molecule has 0 spiro atoms. The second-order valence-corrected chi connectivity index (χ2v) is 6.29. The fourth-order valence-corrected chi connectivity index (χ4v) is 3.06. The van der Waals surface area contributed by atoms with Crippen LogP contribution in [0.5, 0.6) is 11.5 Å². The number of hydrogen-bond acceptors (Lipinski definition) is 5. The molecule has 4 rings (SSSR count). The Kier molecular flexibility index (Phi) is 4.56. The van der Waals surface area contributed by atoms with Crippen LogP contribution < -0.4 is 14.8 Å². The standard InChI is InChI=1S/C18H21N3O4/c22-18(17-12-24-15-6-1-2-7-16(15)25-17)20-13-9-19-21(10-13)11-14-5-3-4-8-23-14/h1-2,6-7,9-10,14,17H,3-5,8,11-12H2,(H,20,22)/t14-,17+/m0/s1. The number of ether oxygens (including phenoxy) is 3. The van der Waals surface area contributed by atoms with Crippen LogP contribution in [0, 0.1) is 0 Å². The van der Waals surface area contributed by atoms with Crippen molar-refractivity contribution in [3.05, 3.63) is 36.7 Å². The molecule has 1 saturated heterocycles. The molecule has 1 aromatic carbocycles. The number of para-hydroxylation sites is 2. The minimum absolute atomic E-state index is 0.187. The van der Waals surface area contributed by atoms with Crippen LogP contribution in [0.25, 0.3) is 0 Å². The quantitative estimate of drug-likeness (QED) is 0.921. The van der Waals surface area contributed by atoms with Crippen molar-refractivity contribution >= 4 is 11.6 Å². The van der Waals surface area contributed by atoms with Gasteiger partial charge in [-0.3, -0.25) is 9.48 Å². The number of nitrogens with zero attached hydrogens (tertiary/aromatic N) is 2. The minimum atomic E-state index is -0.681. The first-order valence-corrected chi connectivity index (χ1v) is 8.61. The molecule has 25 heavy (non-hydrogen) atoms. The van der Waals surface area contributed by atoms with Gasteiger partial charge in [-0.2, -0.15) is 5.10 Å². The van der Waals surface area contributed by atoms with Gasteiger partial charge in [0.05, 0.1) is 24.5 Å². The van der Waals surface area contributed by atoms with E-state index in [2.05, 4.69) is 10.4 Å². The summed E-state index contributed by atoms with van der Waals surface area (Å²) < 4.78 is 18.8. The predicted octanol–water partition coefficient (Wildman–Crippen LogP) is 2.23. The van der Waals surface area contributed by atoms with Gasteiger partial charge in [0.1, 0.15) is 6.61 Å². The monoisotopic (exact) mass is 343 g/mol. The predicted molar refractivity (Wildman–Crippen MR) is 90.8 cm³/mol. The topological polar surface area (TPSA) is 74.6 Å². The highest BCUT2D eigenvalue weighted by Gasteiger charge is 2.27. The number of rotatable bonds is 4. The summed E-state index contributed by atoms with van der Waals surface area (Å²) >= 11 is 0.